The number of rotatable bonds is 3. The first-order chi connectivity index (χ1) is 18.4. The predicted molar refractivity (Wildman–Crippen MR) is 148 cm³/mol. The number of nitrogens with zero attached hydrogens (tertiary/aromatic N) is 2. The number of ketones is 2. The Labute approximate surface area is 234 Å². The number of phenolic OH excluding ortho intramolecular Hbond substituents is 1. The van der Waals surface area contributed by atoms with E-state index in [9.17, 15) is 34.8 Å². The highest BCUT2D eigenvalue weighted by Crippen LogP contribution is 2.53. The normalized spacial score (nSPS) is 30.0. The number of amides is 1. The van der Waals surface area contributed by atoms with E-state index in [1.807, 2.05) is 39.8 Å². The molecule has 216 valence electrons. The van der Waals surface area contributed by atoms with Crippen molar-refractivity contribution < 1.29 is 34.8 Å². The molecule has 0 aromatic heterocycles. The maximum absolute atomic E-state index is 14.1. The van der Waals surface area contributed by atoms with Crippen LogP contribution in [0.5, 0.6) is 5.75 Å². The van der Waals surface area contributed by atoms with Gasteiger partial charge >= 0.3 is 0 Å². The molecule has 0 saturated heterocycles. The fourth-order valence-electron chi connectivity index (χ4n) is 6.65. The number of carbonyl (C=O) groups excluding carboxylic acids is 3. The maximum Gasteiger partial charge on any atom is 0.230 e. The summed E-state index contributed by atoms with van der Waals surface area (Å²) in [4.78, 5) is 43.3. The van der Waals surface area contributed by atoms with E-state index in [1.54, 1.807) is 25.1 Å². The number of carbonyl (C=O) groups is 3. The maximum atomic E-state index is 14.1. The van der Waals surface area contributed by atoms with Crippen molar-refractivity contribution in [2.75, 3.05) is 34.7 Å². The van der Waals surface area contributed by atoms with E-state index < -0.39 is 64.1 Å². The summed E-state index contributed by atoms with van der Waals surface area (Å²) < 4.78 is 0. The van der Waals surface area contributed by atoms with Crippen molar-refractivity contribution >= 4 is 17.5 Å². The van der Waals surface area contributed by atoms with Crippen LogP contribution in [0.15, 0.2) is 17.4 Å². The molecular formula is C30H39N3O7. The number of fused-ring (bicyclic) bond motifs is 3. The van der Waals surface area contributed by atoms with E-state index in [0.29, 0.717) is 23.2 Å². The van der Waals surface area contributed by atoms with Gasteiger partial charge in [0.15, 0.2) is 17.2 Å². The molecule has 3 aliphatic carbocycles. The summed E-state index contributed by atoms with van der Waals surface area (Å²) in [7, 11) is 7.03. The number of primary amides is 1. The van der Waals surface area contributed by atoms with Gasteiger partial charge in [0.1, 0.15) is 17.4 Å². The van der Waals surface area contributed by atoms with Crippen LogP contribution in [0.3, 0.4) is 0 Å². The number of likely N-dealkylation sites (N-methyl/N-ethyl adjacent to an activating group) is 1. The van der Waals surface area contributed by atoms with Crippen LogP contribution in [0.4, 0.5) is 0 Å². The van der Waals surface area contributed by atoms with Crippen molar-refractivity contribution in [3.05, 3.63) is 39.7 Å². The molecule has 0 radical (unpaired) electrons. The third-order valence-electron chi connectivity index (χ3n) is 8.52. The number of hydrogen-bond donors (Lipinski definition) is 5. The zero-order valence-electron chi connectivity index (χ0n) is 24.1. The van der Waals surface area contributed by atoms with Gasteiger partial charge in [0, 0.05) is 28.7 Å². The zero-order chi connectivity index (χ0) is 30.1. The van der Waals surface area contributed by atoms with Gasteiger partial charge in [-0.2, -0.15) is 0 Å². The number of benzene rings is 1. The molecule has 1 aromatic rings. The highest BCUT2D eigenvalue weighted by molar-refractivity contribution is 6.16. The molecule has 3 aliphatic rings. The number of hydrogen-bond acceptors (Lipinski definition) is 9. The minimum Gasteiger partial charge on any atom is -0.508 e. The molecule has 0 spiro atoms. The first-order valence-corrected chi connectivity index (χ1v) is 13.4. The van der Waals surface area contributed by atoms with E-state index in [0.717, 1.165) is 0 Å². The predicted octanol–water partition coefficient (Wildman–Crippen LogP) is 0.496. The third-order valence-corrected chi connectivity index (χ3v) is 8.52. The van der Waals surface area contributed by atoms with Gasteiger partial charge < -0.3 is 31.1 Å². The molecule has 0 heterocycles. The van der Waals surface area contributed by atoms with Gasteiger partial charge in [-0.25, -0.2) is 0 Å². The second kappa shape index (κ2) is 10.00. The summed E-state index contributed by atoms with van der Waals surface area (Å²) in [6.07, 6.45) is -1.25. The fourth-order valence-corrected chi connectivity index (χ4v) is 6.65. The lowest BCUT2D eigenvalue weighted by Gasteiger charge is -2.53. The van der Waals surface area contributed by atoms with Gasteiger partial charge in [-0.1, -0.05) is 32.6 Å². The van der Waals surface area contributed by atoms with Gasteiger partial charge in [-0.05, 0) is 64.0 Å². The third kappa shape index (κ3) is 4.41. The van der Waals surface area contributed by atoms with Gasteiger partial charge in [0.2, 0.25) is 5.91 Å². The molecule has 0 aliphatic heterocycles. The molecular weight excluding hydrogens is 514 g/mol. The second-order valence-corrected chi connectivity index (χ2v) is 12.8. The van der Waals surface area contributed by atoms with Crippen LogP contribution in [0.2, 0.25) is 0 Å². The highest BCUT2D eigenvalue weighted by Gasteiger charge is 2.66. The Morgan fingerprint density at radius 3 is 2.33 bits per heavy atom. The molecule has 10 heteroatoms. The van der Waals surface area contributed by atoms with E-state index in [-0.39, 0.29) is 29.7 Å². The van der Waals surface area contributed by atoms with E-state index in [4.69, 9.17) is 5.73 Å². The molecule has 10 nitrogen and oxygen atoms in total. The lowest BCUT2D eigenvalue weighted by atomic mass is 9.55. The lowest BCUT2D eigenvalue weighted by molar-refractivity contribution is -0.178. The Balaban J connectivity index is 1.98. The monoisotopic (exact) mass is 553 g/mol. The minimum atomic E-state index is -2.61. The summed E-state index contributed by atoms with van der Waals surface area (Å²) in [5.74, 6) is -1.24. The van der Waals surface area contributed by atoms with Crippen molar-refractivity contribution in [2.24, 2.45) is 23.5 Å². The minimum absolute atomic E-state index is 0.0136. The molecule has 2 unspecified atom stereocenters. The van der Waals surface area contributed by atoms with Gasteiger partial charge in [0.05, 0.1) is 18.2 Å². The SMILES string of the molecule is CN(C)CC#Cc1cc(C(C)(C)C)c(O)c2c1C[C@H]1C[C@H]3[C@H](N(C)C)C(O)C(C(N)=O)C(=O)[C@@]3(O)C(O)=C1C2=O. The standard InChI is InChI=1S/C30H39N3O7/c1-29(2,3)18-12-14(9-8-10-32(4)5)16-11-15-13-17-22(33(6)7)25(36)21(28(31)39)27(38)30(17,40)26(37)19(15)24(35)20(16)23(18)34/h12,15,17,21-22,25,34,36-37,40H,10-11,13H2,1-7H3,(H2,31,39)/t15-,17-,21?,22-,25?,30-/m0/s1. The molecule has 0 bridgehead atoms. The molecule has 1 aromatic carbocycles. The molecule has 40 heavy (non-hydrogen) atoms. The molecule has 1 fully saturated rings. The fraction of sp³-hybridized carbons (Fsp3) is 0.567. The largest absolute Gasteiger partial charge is 0.508 e. The van der Waals surface area contributed by atoms with Crippen molar-refractivity contribution in [2.45, 2.75) is 56.8 Å². The van der Waals surface area contributed by atoms with E-state index in [2.05, 4.69) is 11.8 Å². The Morgan fingerprint density at radius 1 is 1.18 bits per heavy atom. The topological polar surface area (TPSA) is 165 Å². The molecule has 6 atom stereocenters. The average molecular weight is 554 g/mol. The van der Waals surface area contributed by atoms with Crippen molar-refractivity contribution in [1.29, 1.82) is 0 Å². The number of allylic oxidation sites excluding steroid dienone is 1. The van der Waals surface area contributed by atoms with Crippen LogP contribution in [0.1, 0.15) is 54.2 Å². The van der Waals surface area contributed by atoms with Crippen LogP contribution < -0.4 is 5.73 Å². The molecule has 1 saturated carbocycles. The Hall–Kier alpha value is -3.23. The summed E-state index contributed by atoms with van der Waals surface area (Å²) in [6.45, 7) is 6.15. The number of phenols is 1. The number of aromatic hydroxyl groups is 1. The smallest absolute Gasteiger partial charge is 0.230 e. The number of nitrogens with two attached hydrogens (primary N) is 1. The zero-order valence-corrected chi connectivity index (χ0v) is 24.1. The number of aliphatic hydroxyl groups is 3. The first-order valence-electron chi connectivity index (χ1n) is 13.4. The molecule has 4 rings (SSSR count). The van der Waals surface area contributed by atoms with Crippen LogP contribution in [0, 0.1) is 29.6 Å². The van der Waals surface area contributed by atoms with Gasteiger partial charge in [-0.15, -0.1) is 0 Å². The lowest BCUT2D eigenvalue weighted by Crippen LogP contribution is -2.71. The average Bonchev–Trinajstić information content (AvgIpc) is 2.81. The Bertz CT molecular complexity index is 1380. The van der Waals surface area contributed by atoms with Crippen molar-refractivity contribution in [3.8, 4) is 17.6 Å². The van der Waals surface area contributed by atoms with Crippen molar-refractivity contribution in [3.63, 3.8) is 0 Å². The second-order valence-electron chi connectivity index (χ2n) is 12.8. The van der Waals surface area contributed by atoms with Gasteiger partial charge in [-0.3, -0.25) is 19.3 Å². The molecule has 6 N–H and O–H groups in total. The quantitative estimate of drug-likeness (QED) is 0.265. The van der Waals surface area contributed by atoms with Crippen LogP contribution in [-0.4, -0.2) is 100 Å². The summed E-state index contributed by atoms with van der Waals surface area (Å²) >= 11 is 0. The summed E-state index contributed by atoms with van der Waals surface area (Å²) in [6, 6.07) is 0.877. The summed E-state index contributed by atoms with van der Waals surface area (Å²) in [5, 5.41) is 45.7. The number of Topliss-reactive ketones (excluding diaryl/α,β-unsaturated/α-hetero) is 2. The summed E-state index contributed by atoms with van der Waals surface area (Å²) in [5.41, 5.74) is 3.72. The molecule has 1 amide bonds. The highest BCUT2D eigenvalue weighted by atomic mass is 16.3. The van der Waals surface area contributed by atoms with E-state index >= 15 is 0 Å². The first kappa shape index (κ1) is 29.7. The van der Waals surface area contributed by atoms with Crippen LogP contribution in [-0.2, 0) is 21.4 Å². The van der Waals surface area contributed by atoms with Crippen LogP contribution in [0.25, 0.3) is 0 Å². The Morgan fingerprint density at radius 2 is 1.80 bits per heavy atom. The number of aliphatic hydroxyl groups excluding tert-OH is 2. The Kier molecular flexibility index (Phi) is 7.43. The van der Waals surface area contributed by atoms with Crippen LogP contribution >= 0.6 is 0 Å². The van der Waals surface area contributed by atoms with Crippen molar-refractivity contribution in [1.82, 2.24) is 9.80 Å². The van der Waals surface area contributed by atoms with E-state index in [1.165, 1.54) is 0 Å². The van der Waals surface area contributed by atoms with Gasteiger partial charge in [0.25, 0.3) is 0 Å².